The second-order valence-electron chi connectivity index (χ2n) is 4.24. The minimum Gasteiger partial charge on any atom is -0.494 e. The maximum atomic E-state index is 13.7. The first kappa shape index (κ1) is 12.8. The number of methoxy groups -OCH3 is 1. The molecule has 1 aromatic rings. The Kier molecular flexibility index (Phi) is 3.47. The van der Waals surface area contributed by atoms with Crippen LogP contribution in [0.15, 0.2) is 12.1 Å². The quantitative estimate of drug-likeness (QED) is 0.865. The average Bonchev–Trinajstić information content (AvgIpc) is 2.78. The summed E-state index contributed by atoms with van der Waals surface area (Å²) >= 11 is 0. The lowest BCUT2D eigenvalue weighted by Crippen LogP contribution is -2.17. The third kappa shape index (κ3) is 2.28. The van der Waals surface area contributed by atoms with E-state index < -0.39 is 29.6 Å². The molecule has 6 heteroatoms. The van der Waals surface area contributed by atoms with Gasteiger partial charge in [-0.15, -0.1) is 0 Å². The minimum absolute atomic E-state index is 0.0491. The molecule has 0 aromatic heterocycles. The molecule has 4 nitrogen and oxygen atoms in total. The molecule has 1 aromatic carbocycles. The Hall–Kier alpha value is -1.69. The molecule has 1 fully saturated rings. The van der Waals surface area contributed by atoms with Crippen molar-refractivity contribution in [1.29, 1.82) is 0 Å². The number of halogens is 2. The molecule has 0 bridgehead atoms. The smallest absolute Gasteiger partial charge is 0.307 e. The number of ether oxygens (including phenoxy) is 1. The number of carbonyl (C=O) groups is 1. The van der Waals surface area contributed by atoms with E-state index in [1.54, 1.807) is 0 Å². The summed E-state index contributed by atoms with van der Waals surface area (Å²) < 4.78 is 31.7. The van der Waals surface area contributed by atoms with Crippen LogP contribution in [0.2, 0.25) is 0 Å². The predicted molar refractivity (Wildman–Crippen MR) is 59.4 cm³/mol. The molecule has 2 rings (SSSR count). The molecule has 0 spiro atoms. The highest BCUT2D eigenvalue weighted by Crippen LogP contribution is 2.32. The van der Waals surface area contributed by atoms with Crippen LogP contribution in [0.4, 0.5) is 8.78 Å². The Morgan fingerprint density at radius 3 is 2.72 bits per heavy atom. The van der Waals surface area contributed by atoms with Crippen molar-refractivity contribution in [2.45, 2.75) is 12.5 Å². The molecule has 1 aliphatic heterocycles. The van der Waals surface area contributed by atoms with E-state index >= 15 is 0 Å². The van der Waals surface area contributed by atoms with Crippen molar-refractivity contribution in [3.05, 3.63) is 29.3 Å². The first-order valence-corrected chi connectivity index (χ1v) is 5.52. The molecule has 1 saturated heterocycles. The van der Waals surface area contributed by atoms with Gasteiger partial charge in [0.2, 0.25) is 0 Å². The molecular weight excluding hydrogens is 244 g/mol. The van der Waals surface area contributed by atoms with Gasteiger partial charge in [-0.05, 0) is 12.5 Å². The molecule has 2 N–H and O–H groups in total. The molecule has 2 unspecified atom stereocenters. The van der Waals surface area contributed by atoms with Gasteiger partial charge in [0.25, 0.3) is 0 Å². The lowest BCUT2D eigenvalue weighted by Gasteiger charge is -2.13. The normalized spacial score (nSPS) is 23.1. The maximum Gasteiger partial charge on any atom is 0.307 e. The van der Waals surface area contributed by atoms with E-state index in [1.807, 2.05) is 0 Å². The van der Waals surface area contributed by atoms with Crippen LogP contribution in [-0.4, -0.2) is 24.7 Å². The summed E-state index contributed by atoms with van der Waals surface area (Å²) in [5.41, 5.74) is 0.233. The topological polar surface area (TPSA) is 58.6 Å². The van der Waals surface area contributed by atoms with Crippen LogP contribution in [-0.2, 0) is 4.79 Å². The molecule has 18 heavy (non-hydrogen) atoms. The Morgan fingerprint density at radius 2 is 2.17 bits per heavy atom. The zero-order chi connectivity index (χ0) is 13.3. The van der Waals surface area contributed by atoms with Crippen molar-refractivity contribution in [2.75, 3.05) is 13.7 Å². The van der Waals surface area contributed by atoms with Crippen molar-refractivity contribution in [3.8, 4) is 5.75 Å². The van der Waals surface area contributed by atoms with Crippen LogP contribution in [0.25, 0.3) is 0 Å². The summed E-state index contributed by atoms with van der Waals surface area (Å²) in [6, 6.07) is 1.59. The first-order valence-electron chi connectivity index (χ1n) is 5.52. The summed E-state index contributed by atoms with van der Waals surface area (Å²) in [4.78, 5) is 10.8. The number of nitrogens with one attached hydrogen (secondary N) is 1. The van der Waals surface area contributed by atoms with Crippen molar-refractivity contribution in [2.24, 2.45) is 5.92 Å². The van der Waals surface area contributed by atoms with E-state index in [2.05, 4.69) is 5.32 Å². The fourth-order valence-electron chi connectivity index (χ4n) is 2.13. The fraction of sp³-hybridized carbons (Fsp3) is 0.417. The number of rotatable bonds is 3. The number of benzene rings is 1. The predicted octanol–water partition coefficient (Wildman–Crippen LogP) is 1.71. The summed E-state index contributed by atoms with van der Waals surface area (Å²) in [5, 5.41) is 11.8. The van der Waals surface area contributed by atoms with Gasteiger partial charge in [0.15, 0.2) is 11.6 Å². The average molecular weight is 257 g/mol. The van der Waals surface area contributed by atoms with E-state index in [-0.39, 0.29) is 24.3 Å². The molecular formula is C12H13F2NO3. The van der Waals surface area contributed by atoms with Gasteiger partial charge in [0.05, 0.1) is 13.0 Å². The summed E-state index contributed by atoms with van der Waals surface area (Å²) in [7, 11) is 1.29. The van der Waals surface area contributed by atoms with Gasteiger partial charge < -0.3 is 15.2 Å². The van der Waals surface area contributed by atoms with Crippen molar-refractivity contribution in [1.82, 2.24) is 5.32 Å². The zero-order valence-electron chi connectivity index (χ0n) is 9.74. The van der Waals surface area contributed by atoms with E-state index in [0.29, 0.717) is 0 Å². The monoisotopic (exact) mass is 257 g/mol. The lowest BCUT2D eigenvalue weighted by atomic mass is 9.99. The molecule has 1 aliphatic rings. The second kappa shape index (κ2) is 4.89. The zero-order valence-corrected chi connectivity index (χ0v) is 9.74. The molecule has 2 atom stereocenters. The third-order valence-electron chi connectivity index (χ3n) is 3.13. The van der Waals surface area contributed by atoms with Crippen molar-refractivity contribution < 1.29 is 23.4 Å². The van der Waals surface area contributed by atoms with Gasteiger partial charge in [-0.2, -0.15) is 0 Å². The van der Waals surface area contributed by atoms with Gasteiger partial charge in [0.1, 0.15) is 5.82 Å². The van der Waals surface area contributed by atoms with Crippen molar-refractivity contribution >= 4 is 5.97 Å². The van der Waals surface area contributed by atoms with Gasteiger partial charge in [-0.25, -0.2) is 8.78 Å². The number of carboxylic acid groups (broad SMARTS) is 1. The highest BCUT2D eigenvalue weighted by molar-refractivity contribution is 5.70. The van der Waals surface area contributed by atoms with Crippen LogP contribution in [0, 0.1) is 17.6 Å². The summed E-state index contributed by atoms with van der Waals surface area (Å²) in [6.07, 6.45) is 0.279. The molecule has 1 heterocycles. The van der Waals surface area contributed by atoms with Crippen LogP contribution < -0.4 is 10.1 Å². The highest BCUT2D eigenvalue weighted by Gasteiger charge is 2.32. The number of carboxylic acids is 1. The number of aliphatic carboxylic acids is 1. The molecule has 0 aliphatic carbocycles. The van der Waals surface area contributed by atoms with Crippen LogP contribution in [0.1, 0.15) is 18.0 Å². The SMILES string of the molecule is COc1cc(C2CC(C(=O)O)CN2)c(F)cc1F. The van der Waals surface area contributed by atoms with E-state index in [0.717, 1.165) is 6.07 Å². The van der Waals surface area contributed by atoms with Crippen LogP contribution >= 0.6 is 0 Å². The van der Waals surface area contributed by atoms with Crippen LogP contribution in [0.3, 0.4) is 0 Å². The third-order valence-corrected chi connectivity index (χ3v) is 3.13. The second-order valence-corrected chi connectivity index (χ2v) is 4.24. The molecule has 0 saturated carbocycles. The molecule has 0 radical (unpaired) electrons. The largest absolute Gasteiger partial charge is 0.494 e. The first-order chi connectivity index (χ1) is 8.52. The standard InChI is InChI=1S/C12H13F2NO3/c1-18-11-3-7(8(13)4-9(11)14)10-2-6(5-15-10)12(16)17/h3-4,6,10,15H,2,5H2,1H3,(H,16,17). The Bertz CT molecular complexity index is 479. The maximum absolute atomic E-state index is 13.7. The molecule has 0 amide bonds. The van der Waals surface area contributed by atoms with E-state index in [4.69, 9.17) is 9.84 Å². The fourth-order valence-corrected chi connectivity index (χ4v) is 2.13. The Morgan fingerprint density at radius 1 is 1.44 bits per heavy atom. The summed E-state index contributed by atoms with van der Waals surface area (Å²) in [6.45, 7) is 0.277. The van der Waals surface area contributed by atoms with Gasteiger partial charge in [-0.3, -0.25) is 4.79 Å². The highest BCUT2D eigenvalue weighted by atomic mass is 19.1. The number of hydrogen-bond donors (Lipinski definition) is 2. The van der Waals surface area contributed by atoms with E-state index in [9.17, 15) is 13.6 Å². The minimum atomic E-state index is -0.917. The lowest BCUT2D eigenvalue weighted by molar-refractivity contribution is -0.141. The van der Waals surface area contributed by atoms with Gasteiger partial charge in [0, 0.05) is 24.2 Å². The Labute approximate surface area is 103 Å². The Balaban J connectivity index is 2.26. The van der Waals surface area contributed by atoms with Gasteiger partial charge in [-0.1, -0.05) is 0 Å². The van der Waals surface area contributed by atoms with Crippen molar-refractivity contribution in [3.63, 3.8) is 0 Å². The van der Waals surface area contributed by atoms with Crippen LogP contribution in [0.5, 0.6) is 5.75 Å². The summed E-state index contributed by atoms with van der Waals surface area (Å²) in [5.74, 6) is -2.99. The van der Waals surface area contributed by atoms with E-state index in [1.165, 1.54) is 13.2 Å². The number of hydrogen-bond acceptors (Lipinski definition) is 3. The van der Waals surface area contributed by atoms with Gasteiger partial charge >= 0.3 is 5.97 Å². The molecule has 98 valence electrons.